The van der Waals surface area contributed by atoms with Crippen molar-refractivity contribution < 1.29 is 4.39 Å². The minimum atomic E-state index is -0.528. The molecule has 0 saturated carbocycles. The SMILES string of the molecule is Cc1ccc(Cn2c(=O)[nH]n(-c3cc(F)ccc3C)c2=O)cc1. The van der Waals surface area contributed by atoms with Crippen molar-refractivity contribution in [1.82, 2.24) is 14.3 Å². The highest BCUT2D eigenvalue weighted by molar-refractivity contribution is 5.39. The van der Waals surface area contributed by atoms with Crippen LogP contribution in [-0.4, -0.2) is 14.3 Å². The molecule has 0 aliphatic heterocycles. The lowest BCUT2D eigenvalue weighted by atomic mass is 10.1. The van der Waals surface area contributed by atoms with Crippen molar-refractivity contribution in [2.24, 2.45) is 0 Å². The van der Waals surface area contributed by atoms with Crippen LogP contribution >= 0.6 is 0 Å². The van der Waals surface area contributed by atoms with Crippen LogP contribution in [-0.2, 0) is 6.54 Å². The molecule has 0 aliphatic carbocycles. The number of rotatable bonds is 3. The molecule has 2 aromatic carbocycles. The van der Waals surface area contributed by atoms with Gasteiger partial charge in [-0.15, -0.1) is 0 Å². The molecule has 118 valence electrons. The fourth-order valence-electron chi connectivity index (χ4n) is 2.41. The van der Waals surface area contributed by atoms with Crippen molar-refractivity contribution in [2.45, 2.75) is 20.4 Å². The van der Waals surface area contributed by atoms with E-state index in [4.69, 9.17) is 0 Å². The number of aromatic nitrogens is 3. The van der Waals surface area contributed by atoms with Gasteiger partial charge in [0.1, 0.15) is 5.82 Å². The number of nitrogens with zero attached hydrogens (tertiary/aromatic N) is 2. The van der Waals surface area contributed by atoms with Crippen LogP contribution in [0.15, 0.2) is 52.1 Å². The molecule has 1 aromatic heterocycles. The smallest absolute Gasteiger partial charge is 0.246 e. The maximum atomic E-state index is 13.4. The summed E-state index contributed by atoms with van der Waals surface area (Å²) in [4.78, 5) is 24.6. The maximum absolute atomic E-state index is 13.4. The number of benzene rings is 2. The molecule has 5 nitrogen and oxygen atoms in total. The number of hydrogen-bond donors (Lipinski definition) is 1. The molecule has 0 saturated heterocycles. The van der Waals surface area contributed by atoms with Crippen LogP contribution < -0.4 is 11.4 Å². The summed E-state index contributed by atoms with van der Waals surface area (Å²) < 4.78 is 15.6. The van der Waals surface area contributed by atoms with Crippen LogP contribution in [0.25, 0.3) is 5.69 Å². The average Bonchev–Trinajstić information content (AvgIpc) is 2.80. The first-order valence-electron chi connectivity index (χ1n) is 7.19. The Morgan fingerprint density at radius 2 is 1.74 bits per heavy atom. The lowest BCUT2D eigenvalue weighted by Crippen LogP contribution is -2.29. The first-order valence-corrected chi connectivity index (χ1v) is 7.19. The van der Waals surface area contributed by atoms with E-state index in [2.05, 4.69) is 5.10 Å². The third-order valence-electron chi connectivity index (χ3n) is 3.75. The van der Waals surface area contributed by atoms with Crippen LogP contribution in [0.5, 0.6) is 0 Å². The summed E-state index contributed by atoms with van der Waals surface area (Å²) in [5, 5.41) is 2.47. The maximum Gasteiger partial charge on any atom is 0.352 e. The lowest BCUT2D eigenvalue weighted by Gasteiger charge is -2.05. The Bertz CT molecular complexity index is 965. The predicted octanol–water partition coefficient (Wildman–Crippen LogP) is 2.13. The number of aryl methyl sites for hydroxylation is 2. The lowest BCUT2D eigenvalue weighted by molar-refractivity contribution is 0.623. The summed E-state index contributed by atoms with van der Waals surface area (Å²) in [5.41, 5.74) is 1.91. The molecule has 6 heteroatoms. The molecule has 23 heavy (non-hydrogen) atoms. The highest BCUT2D eigenvalue weighted by Crippen LogP contribution is 2.12. The van der Waals surface area contributed by atoms with Crippen molar-refractivity contribution in [1.29, 1.82) is 0 Å². The summed E-state index contributed by atoms with van der Waals surface area (Å²) in [6.45, 7) is 3.87. The largest absolute Gasteiger partial charge is 0.352 e. The van der Waals surface area contributed by atoms with E-state index < -0.39 is 17.2 Å². The minimum absolute atomic E-state index is 0.163. The first kappa shape index (κ1) is 15.0. The molecule has 0 fully saturated rings. The molecule has 0 atom stereocenters. The number of H-pyrrole nitrogens is 1. The number of halogens is 1. The van der Waals surface area contributed by atoms with E-state index in [9.17, 15) is 14.0 Å². The first-order chi connectivity index (χ1) is 11.0. The van der Waals surface area contributed by atoms with Gasteiger partial charge in [-0.1, -0.05) is 35.9 Å². The Labute approximate surface area is 131 Å². The summed E-state index contributed by atoms with van der Waals surface area (Å²) in [7, 11) is 0. The molecular formula is C17H16FN3O2. The molecule has 3 aromatic rings. The summed E-state index contributed by atoms with van der Waals surface area (Å²) in [6.07, 6.45) is 0. The van der Waals surface area contributed by atoms with Gasteiger partial charge in [-0.3, -0.25) is 0 Å². The van der Waals surface area contributed by atoms with Crippen molar-refractivity contribution in [3.05, 3.63) is 85.9 Å². The quantitative estimate of drug-likeness (QED) is 0.805. The highest BCUT2D eigenvalue weighted by Gasteiger charge is 2.13. The third-order valence-corrected chi connectivity index (χ3v) is 3.75. The Kier molecular flexibility index (Phi) is 3.73. The van der Waals surface area contributed by atoms with Crippen LogP contribution in [0.2, 0.25) is 0 Å². The second-order valence-corrected chi connectivity index (χ2v) is 5.54. The van der Waals surface area contributed by atoms with E-state index in [0.717, 1.165) is 20.4 Å². The Morgan fingerprint density at radius 3 is 2.43 bits per heavy atom. The van der Waals surface area contributed by atoms with Gasteiger partial charge in [0.05, 0.1) is 12.2 Å². The van der Waals surface area contributed by atoms with E-state index in [-0.39, 0.29) is 6.54 Å². The molecule has 0 spiro atoms. The van der Waals surface area contributed by atoms with E-state index in [1.54, 1.807) is 13.0 Å². The summed E-state index contributed by atoms with van der Waals surface area (Å²) >= 11 is 0. The normalized spacial score (nSPS) is 10.9. The zero-order valence-electron chi connectivity index (χ0n) is 12.8. The van der Waals surface area contributed by atoms with Gasteiger partial charge >= 0.3 is 11.4 Å². The molecule has 0 amide bonds. The molecule has 3 rings (SSSR count). The van der Waals surface area contributed by atoms with E-state index in [1.807, 2.05) is 31.2 Å². The fraction of sp³-hybridized carbons (Fsp3) is 0.176. The van der Waals surface area contributed by atoms with Crippen molar-refractivity contribution in [3.8, 4) is 5.69 Å². The standard InChI is InChI=1S/C17H16FN3O2/c1-11-3-6-13(7-4-11)10-20-16(22)19-21(17(20)23)15-9-14(18)8-5-12(15)2/h3-9H,10H2,1-2H3,(H,19,22). The zero-order chi connectivity index (χ0) is 16.6. The van der Waals surface area contributed by atoms with Gasteiger partial charge in [0.25, 0.3) is 0 Å². The fourth-order valence-corrected chi connectivity index (χ4v) is 2.41. The monoisotopic (exact) mass is 313 g/mol. The molecule has 0 radical (unpaired) electrons. The molecule has 1 heterocycles. The van der Waals surface area contributed by atoms with Crippen LogP contribution in [0.1, 0.15) is 16.7 Å². The Hall–Kier alpha value is -2.89. The summed E-state index contributed by atoms with van der Waals surface area (Å²) in [6, 6.07) is 11.7. The number of hydrogen-bond acceptors (Lipinski definition) is 2. The molecular weight excluding hydrogens is 297 g/mol. The second kappa shape index (κ2) is 5.72. The zero-order valence-corrected chi connectivity index (χ0v) is 12.8. The molecule has 0 bridgehead atoms. The van der Waals surface area contributed by atoms with E-state index in [1.165, 1.54) is 12.1 Å². The van der Waals surface area contributed by atoms with Crippen LogP contribution in [0.4, 0.5) is 4.39 Å². The van der Waals surface area contributed by atoms with Crippen molar-refractivity contribution in [2.75, 3.05) is 0 Å². The topological polar surface area (TPSA) is 59.8 Å². The van der Waals surface area contributed by atoms with Crippen molar-refractivity contribution >= 4 is 0 Å². The van der Waals surface area contributed by atoms with E-state index in [0.29, 0.717) is 11.3 Å². The second-order valence-electron chi connectivity index (χ2n) is 5.54. The summed E-state index contributed by atoms with van der Waals surface area (Å²) in [5.74, 6) is -0.468. The average molecular weight is 313 g/mol. The van der Waals surface area contributed by atoms with Gasteiger partial charge in [-0.05, 0) is 37.1 Å². The third kappa shape index (κ3) is 2.88. The van der Waals surface area contributed by atoms with Gasteiger partial charge in [0, 0.05) is 0 Å². The minimum Gasteiger partial charge on any atom is -0.246 e. The Morgan fingerprint density at radius 1 is 1.04 bits per heavy atom. The van der Waals surface area contributed by atoms with E-state index >= 15 is 0 Å². The van der Waals surface area contributed by atoms with Crippen molar-refractivity contribution in [3.63, 3.8) is 0 Å². The molecule has 1 N–H and O–H groups in total. The van der Waals surface area contributed by atoms with Gasteiger partial charge in [-0.25, -0.2) is 28.3 Å². The van der Waals surface area contributed by atoms with Gasteiger partial charge in [0.2, 0.25) is 0 Å². The molecule has 0 unspecified atom stereocenters. The molecule has 0 aliphatic rings. The highest BCUT2D eigenvalue weighted by atomic mass is 19.1. The van der Waals surface area contributed by atoms with Gasteiger partial charge < -0.3 is 0 Å². The predicted molar refractivity (Wildman–Crippen MR) is 85.6 cm³/mol. The van der Waals surface area contributed by atoms with Crippen LogP contribution in [0.3, 0.4) is 0 Å². The van der Waals surface area contributed by atoms with Gasteiger partial charge in [-0.2, -0.15) is 0 Å². The number of aromatic amines is 1. The van der Waals surface area contributed by atoms with Crippen LogP contribution in [0, 0.1) is 19.7 Å². The number of nitrogens with one attached hydrogen (secondary N) is 1. The van der Waals surface area contributed by atoms with Gasteiger partial charge in [0.15, 0.2) is 0 Å². The Balaban J connectivity index is 2.06.